The zero-order valence-corrected chi connectivity index (χ0v) is 13.2. The average Bonchev–Trinajstić information content (AvgIpc) is 3.16. The Hall–Kier alpha value is -2.72. The first-order valence-electron chi connectivity index (χ1n) is 6.14. The van der Waals surface area contributed by atoms with E-state index in [0.29, 0.717) is 11.0 Å². The highest BCUT2D eigenvalue weighted by Crippen LogP contribution is 2.31. The molecule has 1 aromatic carbocycles. The van der Waals surface area contributed by atoms with Crippen LogP contribution in [0.1, 0.15) is 5.69 Å². The average molecular weight is 353 g/mol. The molecule has 0 aliphatic rings. The van der Waals surface area contributed by atoms with E-state index >= 15 is 0 Å². The number of fused-ring (bicyclic) bond motifs is 1. The van der Waals surface area contributed by atoms with Crippen molar-refractivity contribution in [3.05, 3.63) is 28.2 Å². The lowest BCUT2D eigenvalue weighted by atomic mass is 10.2. The van der Waals surface area contributed by atoms with Crippen molar-refractivity contribution in [2.24, 2.45) is 5.16 Å². The van der Waals surface area contributed by atoms with Crippen LogP contribution in [0.15, 0.2) is 22.7 Å². The van der Waals surface area contributed by atoms with Gasteiger partial charge in [0, 0.05) is 5.38 Å². The van der Waals surface area contributed by atoms with E-state index in [4.69, 9.17) is 22.1 Å². The van der Waals surface area contributed by atoms with Crippen LogP contribution in [0.4, 0.5) is 5.13 Å². The first-order chi connectivity index (χ1) is 11.1. The number of carbonyl (C=O) groups is 1. The molecule has 0 spiro atoms. The number of aromatic amines is 1. The van der Waals surface area contributed by atoms with E-state index < -0.39 is 5.97 Å². The molecule has 0 aliphatic heterocycles. The summed E-state index contributed by atoms with van der Waals surface area (Å²) in [7, 11) is 1.30. The van der Waals surface area contributed by atoms with Gasteiger partial charge in [-0.05, 0) is 12.1 Å². The summed E-state index contributed by atoms with van der Waals surface area (Å²) in [6.45, 7) is 0. The summed E-state index contributed by atoms with van der Waals surface area (Å²) >= 11 is 7.23. The van der Waals surface area contributed by atoms with Crippen LogP contribution in [0.3, 0.4) is 0 Å². The highest BCUT2D eigenvalue weighted by atomic mass is 35.5. The highest BCUT2D eigenvalue weighted by molar-refractivity contribution is 7.13. The third kappa shape index (κ3) is 2.94. The van der Waals surface area contributed by atoms with Gasteiger partial charge in [-0.25, -0.2) is 9.78 Å². The predicted molar refractivity (Wildman–Crippen MR) is 84.6 cm³/mol. The monoisotopic (exact) mass is 352 g/mol. The van der Waals surface area contributed by atoms with Crippen LogP contribution in [0.2, 0.25) is 5.02 Å². The Balaban J connectivity index is 1.97. The molecule has 3 rings (SSSR count). The molecule has 0 saturated heterocycles. The first-order valence-corrected chi connectivity index (χ1v) is 7.39. The number of rotatable bonds is 4. The molecular formula is C12H9ClN6O3S. The second-order valence-electron chi connectivity index (χ2n) is 4.15. The number of halogens is 1. The number of benzene rings is 1. The van der Waals surface area contributed by atoms with E-state index in [2.05, 4.69) is 30.4 Å². The van der Waals surface area contributed by atoms with Crippen molar-refractivity contribution in [3.8, 4) is 5.75 Å². The van der Waals surface area contributed by atoms with E-state index in [1.807, 2.05) is 0 Å². The van der Waals surface area contributed by atoms with Crippen LogP contribution in [0.5, 0.6) is 5.75 Å². The molecule has 0 aliphatic carbocycles. The smallest absolute Gasteiger partial charge is 0.368 e. The molecule has 3 N–H and O–H groups in total. The summed E-state index contributed by atoms with van der Waals surface area (Å²) in [5, 5.41) is 15.9. The summed E-state index contributed by atoms with van der Waals surface area (Å²) < 4.78 is 5.31. The second kappa shape index (κ2) is 6.18. The normalized spacial score (nSPS) is 11.7. The van der Waals surface area contributed by atoms with Gasteiger partial charge >= 0.3 is 5.97 Å². The fourth-order valence-electron chi connectivity index (χ4n) is 1.78. The molecule has 9 nitrogen and oxygen atoms in total. The number of carbonyl (C=O) groups excluding carboxylic acids is 1. The Bertz CT molecular complexity index is 905. The maximum atomic E-state index is 12.4. The Morgan fingerprint density at radius 1 is 1.43 bits per heavy atom. The lowest BCUT2D eigenvalue weighted by Gasteiger charge is -2.06. The number of nitrogen functional groups attached to an aromatic ring is 1. The summed E-state index contributed by atoms with van der Waals surface area (Å²) in [5.74, 6) is -0.746. The molecule has 0 saturated carbocycles. The lowest BCUT2D eigenvalue weighted by Crippen LogP contribution is -2.22. The van der Waals surface area contributed by atoms with Gasteiger partial charge in [0.15, 0.2) is 16.4 Å². The SMILES string of the molecule is CO/N=C(\C(=O)Oc1c(Cl)ccc2n[nH]nc12)c1csc(N)n1. The maximum Gasteiger partial charge on any atom is 0.368 e. The van der Waals surface area contributed by atoms with Gasteiger partial charge in [-0.2, -0.15) is 15.4 Å². The minimum Gasteiger partial charge on any atom is -0.418 e. The van der Waals surface area contributed by atoms with Gasteiger partial charge in [0.1, 0.15) is 18.3 Å². The fourth-order valence-corrected chi connectivity index (χ4v) is 2.52. The van der Waals surface area contributed by atoms with Crippen molar-refractivity contribution in [1.29, 1.82) is 0 Å². The molecular weight excluding hydrogens is 344 g/mol. The van der Waals surface area contributed by atoms with Gasteiger partial charge in [0.25, 0.3) is 0 Å². The second-order valence-corrected chi connectivity index (χ2v) is 5.45. The van der Waals surface area contributed by atoms with E-state index in [1.165, 1.54) is 7.11 Å². The van der Waals surface area contributed by atoms with E-state index in [9.17, 15) is 4.79 Å². The van der Waals surface area contributed by atoms with Gasteiger partial charge in [0.05, 0.1) is 5.02 Å². The number of aromatic nitrogens is 4. The number of oxime groups is 1. The Kier molecular flexibility index (Phi) is 4.08. The van der Waals surface area contributed by atoms with Crippen LogP contribution < -0.4 is 10.5 Å². The number of hydrogen-bond donors (Lipinski definition) is 2. The molecule has 11 heteroatoms. The number of nitrogens with one attached hydrogen (secondary N) is 1. The Morgan fingerprint density at radius 3 is 2.96 bits per heavy atom. The maximum absolute atomic E-state index is 12.4. The van der Waals surface area contributed by atoms with Crippen molar-refractivity contribution < 1.29 is 14.4 Å². The number of ether oxygens (including phenoxy) is 1. The van der Waals surface area contributed by atoms with E-state index in [-0.39, 0.29) is 27.3 Å². The minimum atomic E-state index is -0.811. The first kappa shape index (κ1) is 15.2. The molecule has 2 heterocycles. The molecule has 23 heavy (non-hydrogen) atoms. The minimum absolute atomic E-state index is 0.0647. The third-order valence-corrected chi connectivity index (χ3v) is 3.70. The number of anilines is 1. The Labute approximate surface area is 138 Å². The predicted octanol–water partition coefficient (Wildman–Crippen LogP) is 1.61. The number of thiazole rings is 1. The highest BCUT2D eigenvalue weighted by Gasteiger charge is 2.23. The molecule has 0 amide bonds. The van der Waals surface area contributed by atoms with Gasteiger partial charge in [-0.15, -0.1) is 11.3 Å². The van der Waals surface area contributed by atoms with Crippen LogP contribution in [0, 0.1) is 0 Å². The van der Waals surface area contributed by atoms with Crippen molar-refractivity contribution in [2.45, 2.75) is 0 Å². The summed E-state index contributed by atoms with van der Waals surface area (Å²) in [6, 6.07) is 3.19. The number of H-pyrrole nitrogens is 1. The molecule has 0 bridgehead atoms. The van der Waals surface area contributed by atoms with Gasteiger partial charge < -0.3 is 15.3 Å². The topological polar surface area (TPSA) is 128 Å². The number of nitrogens with two attached hydrogens (primary N) is 1. The molecule has 0 radical (unpaired) electrons. The summed E-state index contributed by atoms with van der Waals surface area (Å²) in [6.07, 6.45) is 0. The fraction of sp³-hybridized carbons (Fsp3) is 0.0833. The quantitative estimate of drug-likeness (QED) is 0.316. The van der Waals surface area contributed by atoms with Crippen molar-refractivity contribution in [1.82, 2.24) is 20.4 Å². The number of hydrogen-bond acceptors (Lipinski definition) is 9. The number of esters is 1. The summed E-state index contributed by atoms with van der Waals surface area (Å²) in [5.41, 5.74) is 6.48. The van der Waals surface area contributed by atoms with Crippen LogP contribution in [0.25, 0.3) is 11.0 Å². The van der Waals surface area contributed by atoms with Gasteiger partial charge in [-0.1, -0.05) is 16.8 Å². The Morgan fingerprint density at radius 2 is 2.26 bits per heavy atom. The van der Waals surface area contributed by atoms with Crippen LogP contribution >= 0.6 is 22.9 Å². The molecule has 3 aromatic rings. The summed E-state index contributed by atoms with van der Waals surface area (Å²) in [4.78, 5) is 21.1. The largest absolute Gasteiger partial charge is 0.418 e. The molecule has 118 valence electrons. The van der Waals surface area contributed by atoms with Crippen molar-refractivity contribution >= 4 is 50.8 Å². The van der Waals surface area contributed by atoms with Crippen molar-refractivity contribution in [2.75, 3.05) is 12.8 Å². The van der Waals surface area contributed by atoms with E-state index in [0.717, 1.165) is 11.3 Å². The molecule has 0 atom stereocenters. The van der Waals surface area contributed by atoms with E-state index in [1.54, 1.807) is 17.5 Å². The lowest BCUT2D eigenvalue weighted by molar-refractivity contribution is -0.127. The van der Waals surface area contributed by atoms with Crippen molar-refractivity contribution in [3.63, 3.8) is 0 Å². The molecule has 0 fully saturated rings. The molecule has 2 aromatic heterocycles. The third-order valence-electron chi connectivity index (χ3n) is 2.73. The standard InChI is InChI=1S/C12H9ClN6O3S/c1-21-18-9(7-4-23-12(14)15-7)11(20)22-10-5(13)2-3-6-8(10)17-19-16-6/h2-4H,1H3,(H2,14,15)(H,16,17,19)/b18-9-. The zero-order chi connectivity index (χ0) is 16.4. The number of nitrogens with zero attached hydrogens (tertiary/aromatic N) is 4. The van der Waals surface area contributed by atoms with Gasteiger partial charge in [0.2, 0.25) is 5.71 Å². The van der Waals surface area contributed by atoms with Gasteiger partial charge in [-0.3, -0.25) is 0 Å². The van der Waals surface area contributed by atoms with Crippen LogP contribution in [-0.4, -0.2) is 39.2 Å². The van der Waals surface area contributed by atoms with Crippen LogP contribution in [-0.2, 0) is 9.63 Å². The zero-order valence-electron chi connectivity index (χ0n) is 11.6. The molecule has 0 unspecified atom stereocenters.